The van der Waals surface area contributed by atoms with Crippen molar-refractivity contribution in [3.63, 3.8) is 0 Å². The summed E-state index contributed by atoms with van der Waals surface area (Å²) in [5, 5.41) is 2.91. The number of benzene rings is 3. The fourth-order valence-electron chi connectivity index (χ4n) is 4.54. The molecule has 2 amide bonds. The monoisotopic (exact) mass is 410 g/mol. The molecule has 0 aromatic heterocycles. The Kier molecular flexibility index (Phi) is 4.66. The number of likely N-dealkylation sites (tertiary alicyclic amines) is 1. The van der Waals surface area contributed by atoms with Gasteiger partial charge in [0.1, 0.15) is 0 Å². The number of carbonyl (C=O) groups is 3. The molecule has 154 valence electrons. The lowest BCUT2D eigenvalue weighted by atomic mass is 10.0. The van der Waals surface area contributed by atoms with Gasteiger partial charge in [0.15, 0.2) is 5.78 Å². The van der Waals surface area contributed by atoms with E-state index in [1.54, 1.807) is 11.0 Å². The number of hydrogen-bond donors (Lipinski definition) is 1. The summed E-state index contributed by atoms with van der Waals surface area (Å²) in [7, 11) is 0. The summed E-state index contributed by atoms with van der Waals surface area (Å²) in [6, 6.07) is 22.7. The third kappa shape index (κ3) is 3.32. The van der Waals surface area contributed by atoms with Gasteiger partial charge in [-0.2, -0.15) is 0 Å². The van der Waals surface area contributed by atoms with Crippen LogP contribution in [0.25, 0.3) is 11.1 Å². The Balaban J connectivity index is 1.30. The number of anilines is 1. The Hall–Kier alpha value is -3.73. The Morgan fingerprint density at radius 1 is 0.903 bits per heavy atom. The zero-order chi connectivity index (χ0) is 21.5. The van der Waals surface area contributed by atoms with Gasteiger partial charge >= 0.3 is 0 Å². The van der Waals surface area contributed by atoms with Gasteiger partial charge in [-0.25, -0.2) is 0 Å². The zero-order valence-electron chi connectivity index (χ0n) is 17.2. The van der Waals surface area contributed by atoms with Crippen LogP contribution in [0.1, 0.15) is 40.9 Å². The molecule has 31 heavy (non-hydrogen) atoms. The quantitative estimate of drug-likeness (QED) is 0.541. The minimum absolute atomic E-state index is 0.0175. The van der Waals surface area contributed by atoms with E-state index in [4.69, 9.17) is 0 Å². The van der Waals surface area contributed by atoms with E-state index in [1.165, 1.54) is 0 Å². The van der Waals surface area contributed by atoms with E-state index < -0.39 is 5.92 Å². The molecule has 2 atom stereocenters. The van der Waals surface area contributed by atoms with Gasteiger partial charge in [-0.05, 0) is 35.7 Å². The van der Waals surface area contributed by atoms with Crippen LogP contribution in [0.15, 0.2) is 72.8 Å². The van der Waals surface area contributed by atoms with E-state index in [2.05, 4.69) is 5.32 Å². The van der Waals surface area contributed by atoms with Gasteiger partial charge in [-0.3, -0.25) is 14.4 Å². The smallest absolute Gasteiger partial charge is 0.229 e. The summed E-state index contributed by atoms with van der Waals surface area (Å²) in [6.45, 7) is 2.37. The first-order valence-corrected chi connectivity index (χ1v) is 10.5. The summed E-state index contributed by atoms with van der Waals surface area (Å²) in [5.41, 5.74) is 4.72. The first kappa shape index (κ1) is 19.2. The van der Waals surface area contributed by atoms with Crippen LogP contribution in [-0.4, -0.2) is 29.0 Å². The minimum atomic E-state index is -0.417. The second kappa shape index (κ2) is 7.51. The Labute approximate surface area is 180 Å². The molecule has 1 saturated heterocycles. The van der Waals surface area contributed by atoms with Gasteiger partial charge in [0.2, 0.25) is 11.8 Å². The van der Waals surface area contributed by atoms with Gasteiger partial charge in [-0.1, -0.05) is 60.7 Å². The second-order valence-corrected chi connectivity index (χ2v) is 8.16. The van der Waals surface area contributed by atoms with E-state index in [9.17, 15) is 14.4 Å². The van der Waals surface area contributed by atoms with Crippen molar-refractivity contribution in [2.75, 3.05) is 11.9 Å². The normalized spacial score (nSPS) is 18.0. The third-order valence-electron chi connectivity index (χ3n) is 6.27. The highest BCUT2D eigenvalue weighted by molar-refractivity contribution is 6.22. The zero-order valence-corrected chi connectivity index (χ0v) is 17.2. The van der Waals surface area contributed by atoms with Crippen molar-refractivity contribution >= 4 is 23.3 Å². The number of nitrogens with zero attached hydrogens (tertiary/aromatic N) is 1. The topological polar surface area (TPSA) is 66.5 Å². The van der Waals surface area contributed by atoms with Gasteiger partial charge in [0.05, 0.1) is 12.0 Å². The van der Waals surface area contributed by atoms with Crippen LogP contribution < -0.4 is 5.32 Å². The maximum absolute atomic E-state index is 12.9. The summed E-state index contributed by atoms with van der Waals surface area (Å²) in [5.74, 6) is -0.657. The molecule has 2 aliphatic rings. The molecule has 1 aliphatic carbocycles. The van der Waals surface area contributed by atoms with E-state index in [1.807, 2.05) is 73.7 Å². The molecule has 1 heterocycles. The highest BCUT2D eigenvalue weighted by Gasteiger charge is 2.37. The molecule has 5 rings (SSSR count). The number of carbonyl (C=O) groups excluding carboxylic acids is 3. The number of ketones is 1. The summed E-state index contributed by atoms with van der Waals surface area (Å²) in [6.07, 6.45) is 0.193. The van der Waals surface area contributed by atoms with E-state index in [0.717, 1.165) is 16.7 Å². The van der Waals surface area contributed by atoms with Crippen molar-refractivity contribution in [1.82, 2.24) is 4.90 Å². The van der Waals surface area contributed by atoms with Crippen LogP contribution in [0.5, 0.6) is 0 Å². The summed E-state index contributed by atoms with van der Waals surface area (Å²) >= 11 is 0. The third-order valence-corrected chi connectivity index (χ3v) is 6.27. The van der Waals surface area contributed by atoms with Gasteiger partial charge in [-0.15, -0.1) is 0 Å². The van der Waals surface area contributed by atoms with E-state index in [0.29, 0.717) is 23.4 Å². The van der Waals surface area contributed by atoms with Crippen molar-refractivity contribution in [2.24, 2.45) is 5.92 Å². The molecule has 5 heteroatoms. The number of fused-ring (bicyclic) bond motifs is 3. The van der Waals surface area contributed by atoms with Crippen molar-refractivity contribution in [1.29, 1.82) is 0 Å². The van der Waals surface area contributed by atoms with Gasteiger partial charge in [0, 0.05) is 29.8 Å². The van der Waals surface area contributed by atoms with Crippen LogP contribution in [0.4, 0.5) is 5.69 Å². The highest BCUT2D eigenvalue weighted by Crippen LogP contribution is 2.38. The second-order valence-electron chi connectivity index (χ2n) is 8.16. The fraction of sp³-hybridized carbons (Fsp3) is 0.192. The minimum Gasteiger partial charge on any atom is -0.335 e. The van der Waals surface area contributed by atoms with E-state index >= 15 is 0 Å². The predicted molar refractivity (Wildman–Crippen MR) is 119 cm³/mol. The molecule has 0 bridgehead atoms. The summed E-state index contributed by atoms with van der Waals surface area (Å²) < 4.78 is 0. The standard InChI is InChI=1S/C26H22N2O3/c1-16(17-7-3-2-4-8-17)28-15-18(13-24(28)29)26(31)27-19-11-12-21-20-9-5-6-10-22(20)25(30)23(21)14-19/h2-12,14,16,18H,13,15H2,1H3,(H,27,31). The Morgan fingerprint density at radius 3 is 2.35 bits per heavy atom. The van der Waals surface area contributed by atoms with Crippen molar-refractivity contribution < 1.29 is 14.4 Å². The number of hydrogen-bond acceptors (Lipinski definition) is 3. The molecule has 0 saturated carbocycles. The van der Waals surface area contributed by atoms with Crippen LogP contribution in [0, 0.1) is 5.92 Å². The summed E-state index contributed by atoms with van der Waals surface area (Å²) in [4.78, 5) is 39.9. The lowest BCUT2D eigenvalue weighted by Gasteiger charge is -2.25. The lowest BCUT2D eigenvalue weighted by molar-refractivity contribution is -0.129. The molecular formula is C26H22N2O3. The van der Waals surface area contributed by atoms with Crippen LogP contribution in [0.3, 0.4) is 0 Å². The molecule has 1 N–H and O–H groups in total. The van der Waals surface area contributed by atoms with Crippen LogP contribution >= 0.6 is 0 Å². The average molecular weight is 410 g/mol. The maximum Gasteiger partial charge on any atom is 0.229 e. The Morgan fingerprint density at radius 2 is 1.58 bits per heavy atom. The SMILES string of the molecule is CC(c1ccccc1)N1CC(C(=O)Nc2ccc3c(c2)C(=O)c2ccccc2-3)CC1=O. The first-order valence-electron chi connectivity index (χ1n) is 10.5. The predicted octanol–water partition coefficient (Wildman–Crippen LogP) is 4.45. The largest absolute Gasteiger partial charge is 0.335 e. The van der Waals surface area contributed by atoms with Gasteiger partial charge < -0.3 is 10.2 Å². The Bertz CT molecular complexity index is 1200. The number of amides is 2. The van der Waals surface area contributed by atoms with Crippen molar-refractivity contribution in [3.8, 4) is 11.1 Å². The van der Waals surface area contributed by atoms with Crippen molar-refractivity contribution in [2.45, 2.75) is 19.4 Å². The van der Waals surface area contributed by atoms with E-state index in [-0.39, 0.29) is 30.1 Å². The molecule has 1 aliphatic heterocycles. The molecule has 3 aromatic rings. The highest BCUT2D eigenvalue weighted by atomic mass is 16.2. The molecular weight excluding hydrogens is 388 g/mol. The van der Waals surface area contributed by atoms with Gasteiger partial charge in [0.25, 0.3) is 0 Å². The fourth-order valence-corrected chi connectivity index (χ4v) is 4.54. The first-order chi connectivity index (χ1) is 15.0. The molecule has 3 aromatic carbocycles. The molecule has 1 fully saturated rings. The van der Waals surface area contributed by atoms with Crippen LogP contribution in [0.2, 0.25) is 0 Å². The number of nitrogens with one attached hydrogen (secondary N) is 1. The lowest BCUT2D eigenvalue weighted by Crippen LogP contribution is -2.30. The number of rotatable bonds is 4. The van der Waals surface area contributed by atoms with Crippen molar-refractivity contribution in [3.05, 3.63) is 89.5 Å². The molecule has 5 nitrogen and oxygen atoms in total. The molecule has 0 radical (unpaired) electrons. The van der Waals surface area contributed by atoms with Crippen LogP contribution in [-0.2, 0) is 9.59 Å². The maximum atomic E-state index is 12.9. The average Bonchev–Trinajstić information content (AvgIpc) is 3.32. The molecule has 0 spiro atoms. The molecule has 2 unspecified atom stereocenters.